The fourth-order valence-corrected chi connectivity index (χ4v) is 1.91. The second kappa shape index (κ2) is 18.5. The minimum absolute atomic E-state index is 0. The van der Waals surface area contributed by atoms with Crippen LogP contribution in [0.15, 0.2) is 74.3 Å². The SMILES string of the molecule is C.C=C(C)c1ccc(CC)cc1.C=CC(=C)c1ccc(C)cc1.CC.CC.[HH].[HH]. The first-order chi connectivity index (χ1) is 12.5. The molecule has 0 unspecified atom stereocenters. The third kappa shape index (κ3) is 12.6. The Labute approximate surface area is 173 Å². The Balaban J connectivity index is -0.000000104. The van der Waals surface area contributed by atoms with Gasteiger partial charge < -0.3 is 0 Å². The maximum atomic E-state index is 3.88. The van der Waals surface area contributed by atoms with Gasteiger partial charge in [0.05, 0.1) is 0 Å². The van der Waals surface area contributed by atoms with E-state index in [0.717, 1.165) is 23.1 Å². The normalized spacial score (nSPS) is 8.11. The molecule has 0 bridgehead atoms. The molecule has 2 aromatic carbocycles. The average Bonchev–Trinajstić information content (AvgIpc) is 2.71. The standard InChI is InChI=1S/C11H12.C11H14.2C2H6.CH4.2H2/c1-4-10(3)11-7-5-9(2)6-8-11;1-4-10-5-7-11(8-6-10)9(2)3;2*1-2;;;/h4-8H,1,3H2,2H3;5-8H,2,4H2,1,3H3;2*1-2H3;1H4;2*1H. The van der Waals surface area contributed by atoms with E-state index in [9.17, 15) is 0 Å². The Kier molecular flexibility index (Phi) is 20.1. The molecule has 0 fully saturated rings. The summed E-state index contributed by atoms with van der Waals surface area (Å²) in [6.07, 6.45) is 2.88. The predicted molar refractivity (Wildman–Crippen MR) is 135 cm³/mol. The molecule has 0 aliphatic rings. The number of rotatable bonds is 4. The van der Waals surface area contributed by atoms with Crippen molar-refractivity contribution >= 4 is 11.1 Å². The smallest absolute Gasteiger partial charge is 0 e. The Bertz CT molecular complexity index is 635. The first-order valence-electron chi connectivity index (χ1n) is 9.61. The summed E-state index contributed by atoms with van der Waals surface area (Å²) in [7, 11) is 0. The summed E-state index contributed by atoms with van der Waals surface area (Å²) in [6, 6.07) is 16.8. The molecule has 0 amide bonds. The fourth-order valence-electron chi connectivity index (χ4n) is 1.91. The quantitative estimate of drug-likeness (QED) is 0.470. The highest BCUT2D eigenvalue weighted by Gasteiger charge is 1.92. The Morgan fingerprint density at radius 3 is 1.59 bits per heavy atom. The molecule has 2 rings (SSSR count). The maximum Gasteiger partial charge on any atom is 0 e. The minimum atomic E-state index is 0. The minimum Gasteiger partial charge on any atom is -0.0985 e. The summed E-state index contributed by atoms with van der Waals surface area (Å²) in [4.78, 5) is 0. The van der Waals surface area contributed by atoms with E-state index in [1.54, 1.807) is 6.08 Å². The summed E-state index contributed by atoms with van der Waals surface area (Å²) >= 11 is 0. The first-order valence-corrected chi connectivity index (χ1v) is 9.61. The van der Waals surface area contributed by atoms with E-state index in [4.69, 9.17) is 0 Å². The van der Waals surface area contributed by atoms with Crippen LogP contribution in [0.25, 0.3) is 11.1 Å². The van der Waals surface area contributed by atoms with Crippen molar-refractivity contribution in [3.63, 3.8) is 0 Å². The summed E-state index contributed by atoms with van der Waals surface area (Å²) in [5, 5.41) is 0. The third-order valence-electron chi connectivity index (χ3n) is 3.52. The van der Waals surface area contributed by atoms with Crippen LogP contribution in [0.1, 0.15) is 74.1 Å². The van der Waals surface area contributed by atoms with Crippen molar-refractivity contribution in [2.24, 2.45) is 0 Å². The van der Waals surface area contributed by atoms with Gasteiger partial charge in [-0.1, -0.05) is 128 Å². The van der Waals surface area contributed by atoms with Gasteiger partial charge in [-0.2, -0.15) is 0 Å². The molecule has 0 aromatic heterocycles. The van der Waals surface area contributed by atoms with Crippen molar-refractivity contribution in [3.8, 4) is 0 Å². The number of hydrogen-bond acceptors (Lipinski definition) is 0. The van der Waals surface area contributed by atoms with E-state index >= 15 is 0 Å². The molecule has 0 radical (unpaired) electrons. The number of allylic oxidation sites excluding steroid dienone is 3. The average molecular weight is 371 g/mol. The van der Waals surface area contributed by atoms with Crippen LogP contribution in [-0.4, -0.2) is 0 Å². The van der Waals surface area contributed by atoms with E-state index in [1.165, 1.54) is 16.7 Å². The molecule has 0 aliphatic heterocycles. The monoisotopic (exact) mass is 370 g/mol. The molecule has 0 atom stereocenters. The van der Waals surface area contributed by atoms with Crippen LogP contribution in [0.5, 0.6) is 0 Å². The zero-order chi connectivity index (χ0) is 20.5. The molecule has 0 saturated carbocycles. The van der Waals surface area contributed by atoms with E-state index < -0.39 is 0 Å². The molecule has 0 heteroatoms. The third-order valence-corrected chi connectivity index (χ3v) is 3.52. The molecular formula is C27H46. The highest BCUT2D eigenvalue weighted by atomic mass is 14.0. The topological polar surface area (TPSA) is 0 Å². The zero-order valence-electron chi connectivity index (χ0n) is 18.0. The van der Waals surface area contributed by atoms with E-state index in [-0.39, 0.29) is 10.3 Å². The lowest BCUT2D eigenvalue weighted by Crippen LogP contribution is -1.81. The van der Waals surface area contributed by atoms with Gasteiger partial charge in [-0.15, -0.1) is 0 Å². The van der Waals surface area contributed by atoms with Gasteiger partial charge in [0.2, 0.25) is 0 Å². The van der Waals surface area contributed by atoms with Crippen molar-refractivity contribution in [2.45, 2.75) is 62.3 Å². The molecule has 0 spiro atoms. The number of aryl methyl sites for hydroxylation is 2. The summed E-state index contributed by atoms with van der Waals surface area (Å²) in [6.45, 7) is 25.7. The van der Waals surface area contributed by atoms with E-state index in [1.807, 2.05) is 34.6 Å². The lowest BCUT2D eigenvalue weighted by atomic mass is 10.1. The maximum absolute atomic E-state index is 3.88. The summed E-state index contributed by atoms with van der Waals surface area (Å²) in [5.41, 5.74) is 7.14. The predicted octanol–water partition coefficient (Wildman–Crippen LogP) is 9.66. The van der Waals surface area contributed by atoms with Gasteiger partial charge in [0.15, 0.2) is 0 Å². The number of hydrogen-bond donors (Lipinski definition) is 0. The highest BCUT2D eigenvalue weighted by Crippen LogP contribution is 2.13. The Morgan fingerprint density at radius 1 is 0.852 bits per heavy atom. The van der Waals surface area contributed by atoms with Crippen molar-refractivity contribution in [3.05, 3.63) is 96.6 Å². The van der Waals surface area contributed by atoms with E-state index in [0.29, 0.717) is 0 Å². The highest BCUT2D eigenvalue weighted by molar-refractivity contribution is 5.71. The molecule has 2 aromatic rings. The second-order valence-electron chi connectivity index (χ2n) is 5.43. The molecule has 0 heterocycles. The van der Waals surface area contributed by atoms with Gasteiger partial charge in [-0.05, 0) is 42.5 Å². The van der Waals surface area contributed by atoms with Crippen LogP contribution in [0.4, 0.5) is 0 Å². The van der Waals surface area contributed by atoms with Gasteiger partial charge in [-0.3, -0.25) is 0 Å². The van der Waals surface area contributed by atoms with Crippen LogP contribution in [0.2, 0.25) is 0 Å². The molecule has 0 aliphatic carbocycles. The van der Waals surface area contributed by atoms with Crippen LogP contribution in [0, 0.1) is 6.92 Å². The van der Waals surface area contributed by atoms with Gasteiger partial charge in [-0.25, -0.2) is 0 Å². The summed E-state index contributed by atoms with van der Waals surface area (Å²) < 4.78 is 0. The van der Waals surface area contributed by atoms with Crippen LogP contribution in [-0.2, 0) is 6.42 Å². The Hall–Kier alpha value is -2.34. The van der Waals surface area contributed by atoms with Crippen LogP contribution >= 0.6 is 0 Å². The fraction of sp³-hybridized carbons (Fsp3) is 0.333. The van der Waals surface area contributed by atoms with Crippen molar-refractivity contribution in [1.82, 2.24) is 0 Å². The van der Waals surface area contributed by atoms with Gasteiger partial charge >= 0.3 is 0 Å². The Morgan fingerprint density at radius 2 is 1.26 bits per heavy atom. The van der Waals surface area contributed by atoms with Crippen LogP contribution in [0.3, 0.4) is 0 Å². The molecule has 154 valence electrons. The van der Waals surface area contributed by atoms with Gasteiger partial charge in [0.1, 0.15) is 0 Å². The molecule has 0 saturated heterocycles. The molecular weight excluding hydrogens is 324 g/mol. The molecule has 27 heavy (non-hydrogen) atoms. The lowest BCUT2D eigenvalue weighted by Gasteiger charge is -2.00. The van der Waals surface area contributed by atoms with E-state index in [2.05, 4.69) is 82.1 Å². The first kappa shape index (κ1) is 29.4. The zero-order valence-corrected chi connectivity index (χ0v) is 18.0. The number of benzene rings is 2. The lowest BCUT2D eigenvalue weighted by molar-refractivity contribution is 1.14. The van der Waals surface area contributed by atoms with Gasteiger partial charge in [0, 0.05) is 2.85 Å². The van der Waals surface area contributed by atoms with Crippen molar-refractivity contribution in [2.75, 3.05) is 0 Å². The largest absolute Gasteiger partial charge is 0.0985 e. The molecule has 0 nitrogen and oxygen atoms in total. The van der Waals surface area contributed by atoms with Crippen LogP contribution < -0.4 is 0 Å². The summed E-state index contributed by atoms with van der Waals surface area (Å²) in [5.74, 6) is 0. The van der Waals surface area contributed by atoms with Crippen molar-refractivity contribution in [1.29, 1.82) is 0 Å². The van der Waals surface area contributed by atoms with Crippen molar-refractivity contribution < 1.29 is 2.85 Å². The molecule has 0 N–H and O–H groups in total. The van der Waals surface area contributed by atoms with Gasteiger partial charge in [0.25, 0.3) is 0 Å². The second-order valence-corrected chi connectivity index (χ2v) is 5.43.